The quantitative estimate of drug-likeness (QED) is 0.810. The lowest BCUT2D eigenvalue weighted by Gasteiger charge is -2.15. The molecule has 2 heterocycles. The topological polar surface area (TPSA) is 33.2 Å². The Morgan fingerprint density at radius 3 is 3.06 bits per heavy atom. The van der Waals surface area contributed by atoms with Crippen LogP contribution in [0.1, 0.15) is 17.7 Å². The van der Waals surface area contributed by atoms with Crippen LogP contribution < -0.4 is 0 Å². The number of hydrogen-bond donors (Lipinski definition) is 1. The van der Waals surface area contributed by atoms with E-state index < -0.39 is 0 Å². The van der Waals surface area contributed by atoms with Crippen molar-refractivity contribution < 1.29 is 4.79 Å². The molecule has 2 rings (SSSR count). The Morgan fingerprint density at radius 2 is 2.44 bits per heavy atom. The highest BCUT2D eigenvalue weighted by atomic mass is 32.1. The van der Waals surface area contributed by atoms with Crippen LogP contribution in [0.3, 0.4) is 0 Å². The smallest absolute Gasteiger partial charge is 0.223 e. The van der Waals surface area contributed by atoms with Gasteiger partial charge in [-0.2, -0.15) is 12.6 Å². The van der Waals surface area contributed by atoms with Gasteiger partial charge in [0.1, 0.15) is 0 Å². The summed E-state index contributed by atoms with van der Waals surface area (Å²) in [5.41, 5.74) is 2.15. The fourth-order valence-electron chi connectivity index (χ4n) is 2.01. The molecule has 1 aromatic rings. The number of carbonyl (C=O) groups is 1. The molecule has 0 radical (unpaired) electrons. The van der Waals surface area contributed by atoms with Crippen molar-refractivity contribution in [3.63, 3.8) is 0 Å². The standard InChI is InChI=1S/C12H16N2OS/c1-9-2-3-13-11(4-9)7-14-6-10(8-16)5-12(14)15/h2-4,10,16H,5-8H2,1H3. The zero-order valence-electron chi connectivity index (χ0n) is 9.39. The first-order valence-electron chi connectivity index (χ1n) is 5.49. The van der Waals surface area contributed by atoms with E-state index in [2.05, 4.69) is 17.6 Å². The average Bonchev–Trinajstić information content (AvgIpc) is 2.60. The van der Waals surface area contributed by atoms with E-state index in [1.807, 2.05) is 24.0 Å². The molecule has 1 aliphatic rings. The summed E-state index contributed by atoms with van der Waals surface area (Å²) < 4.78 is 0. The van der Waals surface area contributed by atoms with Gasteiger partial charge in [0.15, 0.2) is 0 Å². The lowest BCUT2D eigenvalue weighted by Crippen LogP contribution is -2.25. The minimum absolute atomic E-state index is 0.224. The fourth-order valence-corrected chi connectivity index (χ4v) is 2.25. The molecular formula is C12H16N2OS. The Bertz CT molecular complexity index is 394. The second kappa shape index (κ2) is 4.87. The second-order valence-corrected chi connectivity index (χ2v) is 4.72. The molecule has 1 aromatic heterocycles. The summed E-state index contributed by atoms with van der Waals surface area (Å²) in [5, 5.41) is 0. The van der Waals surface area contributed by atoms with Crippen molar-refractivity contribution in [2.75, 3.05) is 12.3 Å². The summed E-state index contributed by atoms with van der Waals surface area (Å²) in [6.45, 7) is 3.48. The molecule has 1 fully saturated rings. The van der Waals surface area contributed by atoms with Crippen LogP contribution in [-0.4, -0.2) is 28.1 Å². The number of rotatable bonds is 3. The number of aromatic nitrogens is 1. The van der Waals surface area contributed by atoms with E-state index in [1.54, 1.807) is 6.20 Å². The fraction of sp³-hybridized carbons (Fsp3) is 0.500. The monoisotopic (exact) mass is 236 g/mol. The van der Waals surface area contributed by atoms with E-state index in [9.17, 15) is 4.79 Å². The highest BCUT2D eigenvalue weighted by molar-refractivity contribution is 7.80. The molecule has 4 heteroatoms. The van der Waals surface area contributed by atoms with Crippen LogP contribution in [0.2, 0.25) is 0 Å². The molecule has 1 aliphatic heterocycles. The lowest BCUT2D eigenvalue weighted by molar-refractivity contribution is -0.128. The third-order valence-corrected chi connectivity index (χ3v) is 3.39. The third kappa shape index (κ3) is 2.55. The van der Waals surface area contributed by atoms with E-state index in [4.69, 9.17) is 0 Å². The first kappa shape index (κ1) is 11.5. The summed E-state index contributed by atoms with van der Waals surface area (Å²) in [5.74, 6) is 1.41. The number of thiol groups is 1. The predicted molar refractivity (Wildman–Crippen MR) is 66.4 cm³/mol. The molecule has 0 bridgehead atoms. The Kier molecular flexibility index (Phi) is 3.49. The molecular weight excluding hydrogens is 220 g/mol. The van der Waals surface area contributed by atoms with Gasteiger partial charge in [-0.25, -0.2) is 0 Å². The van der Waals surface area contributed by atoms with E-state index in [0.717, 1.165) is 18.0 Å². The summed E-state index contributed by atoms with van der Waals surface area (Å²) >= 11 is 4.24. The number of aryl methyl sites for hydroxylation is 1. The van der Waals surface area contributed by atoms with E-state index in [0.29, 0.717) is 18.9 Å². The van der Waals surface area contributed by atoms with Gasteiger partial charge in [-0.1, -0.05) is 0 Å². The highest BCUT2D eigenvalue weighted by Gasteiger charge is 2.28. The van der Waals surface area contributed by atoms with E-state index >= 15 is 0 Å². The largest absolute Gasteiger partial charge is 0.336 e. The number of hydrogen-bond acceptors (Lipinski definition) is 3. The van der Waals surface area contributed by atoms with E-state index in [1.165, 1.54) is 5.56 Å². The predicted octanol–water partition coefficient (Wildman–Crippen LogP) is 1.67. The van der Waals surface area contributed by atoms with Crippen LogP contribution in [0, 0.1) is 12.8 Å². The number of amides is 1. The second-order valence-electron chi connectivity index (χ2n) is 4.35. The first-order chi connectivity index (χ1) is 7.69. The maximum atomic E-state index is 11.7. The number of carbonyl (C=O) groups excluding carboxylic acids is 1. The maximum absolute atomic E-state index is 11.7. The van der Waals surface area contributed by atoms with Crippen LogP contribution in [0.15, 0.2) is 18.3 Å². The van der Waals surface area contributed by atoms with Gasteiger partial charge in [0, 0.05) is 19.2 Å². The van der Waals surface area contributed by atoms with Crippen molar-refractivity contribution in [1.29, 1.82) is 0 Å². The van der Waals surface area contributed by atoms with Gasteiger partial charge >= 0.3 is 0 Å². The molecule has 86 valence electrons. The molecule has 0 aliphatic carbocycles. The van der Waals surface area contributed by atoms with Crippen molar-refractivity contribution in [3.05, 3.63) is 29.6 Å². The van der Waals surface area contributed by atoms with Gasteiger partial charge in [-0.05, 0) is 36.3 Å². The van der Waals surface area contributed by atoms with Crippen LogP contribution in [0.4, 0.5) is 0 Å². The molecule has 1 saturated heterocycles. The molecule has 1 unspecified atom stereocenters. The van der Waals surface area contributed by atoms with E-state index in [-0.39, 0.29) is 5.91 Å². The van der Waals surface area contributed by atoms with Crippen LogP contribution in [-0.2, 0) is 11.3 Å². The summed E-state index contributed by atoms with van der Waals surface area (Å²) in [6, 6.07) is 3.99. The van der Waals surface area contributed by atoms with Crippen LogP contribution in [0.25, 0.3) is 0 Å². The zero-order chi connectivity index (χ0) is 11.5. The molecule has 0 spiro atoms. The third-order valence-electron chi connectivity index (χ3n) is 2.88. The van der Waals surface area contributed by atoms with Crippen LogP contribution >= 0.6 is 12.6 Å². The van der Waals surface area contributed by atoms with Gasteiger partial charge in [-0.15, -0.1) is 0 Å². The van der Waals surface area contributed by atoms with Gasteiger partial charge in [0.25, 0.3) is 0 Å². The zero-order valence-corrected chi connectivity index (χ0v) is 10.3. The SMILES string of the molecule is Cc1ccnc(CN2CC(CS)CC2=O)c1. The van der Waals surface area contributed by atoms with Gasteiger partial charge in [0.05, 0.1) is 12.2 Å². The van der Waals surface area contributed by atoms with Crippen LogP contribution in [0.5, 0.6) is 0 Å². The lowest BCUT2D eigenvalue weighted by atomic mass is 10.1. The van der Waals surface area contributed by atoms with Crippen molar-refractivity contribution in [1.82, 2.24) is 9.88 Å². The summed E-state index contributed by atoms with van der Waals surface area (Å²) in [4.78, 5) is 17.9. The first-order valence-corrected chi connectivity index (χ1v) is 6.12. The molecule has 3 nitrogen and oxygen atoms in total. The Balaban J connectivity index is 2.03. The minimum atomic E-state index is 0.224. The summed E-state index contributed by atoms with van der Waals surface area (Å²) in [6.07, 6.45) is 2.43. The van der Waals surface area contributed by atoms with Crippen molar-refractivity contribution in [2.45, 2.75) is 19.9 Å². The van der Waals surface area contributed by atoms with Crippen molar-refractivity contribution in [2.24, 2.45) is 5.92 Å². The average molecular weight is 236 g/mol. The maximum Gasteiger partial charge on any atom is 0.223 e. The molecule has 16 heavy (non-hydrogen) atoms. The number of nitrogens with zero attached hydrogens (tertiary/aromatic N) is 2. The van der Waals surface area contributed by atoms with Gasteiger partial charge in [-0.3, -0.25) is 9.78 Å². The Labute approximate surface area is 101 Å². The number of likely N-dealkylation sites (tertiary alicyclic amines) is 1. The highest BCUT2D eigenvalue weighted by Crippen LogP contribution is 2.20. The Hall–Kier alpha value is -1.03. The van der Waals surface area contributed by atoms with Crippen molar-refractivity contribution >= 4 is 18.5 Å². The molecule has 1 atom stereocenters. The number of pyridine rings is 1. The van der Waals surface area contributed by atoms with Gasteiger partial charge < -0.3 is 4.90 Å². The van der Waals surface area contributed by atoms with Crippen molar-refractivity contribution in [3.8, 4) is 0 Å². The van der Waals surface area contributed by atoms with Gasteiger partial charge in [0.2, 0.25) is 5.91 Å². The Morgan fingerprint density at radius 1 is 1.62 bits per heavy atom. The minimum Gasteiger partial charge on any atom is -0.336 e. The molecule has 0 saturated carbocycles. The summed E-state index contributed by atoms with van der Waals surface area (Å²) in [7, 11) is 0. The normalized spacial score (nSPS) is 20.5. The molecule has 1 amide bonds. The molecule has 0 aromatic carbocycles. The molecule has 0 N–H and O–H groups in total.